The number of rotatable bonds is 10. The first kappa shape index (κ1) is 21.5. The first-order chi connectivity index (χ1) is 13.4. The normalized spacial score (nSPS) is 10.8. The maximum absolute atomic E-state index is 12.2. The molecule has 0 radical (unpaired) electrons. The zero-order valence-electron chi connectivity index (χ0n) is 16.1. The number of hydrogen-bond donors (Lipinski definition) is 2. The van der Waals surface area contributed by atoms with Gasteiger partial charge >= 0.3 is 6.03 Å². The molecule has 0 fully saturated rings. The van der Waals surface area contributed by atoms with Gasteiger partial charge in [0.2, 0.25) is 0 Å². The van der Waals surface area contributed by atoms with E-state index in [4.69, 9.17) is 9.47 Å². The zero-order chi connectivity index (χ0) is 20.4. The number of amides is 2. The Labute approximate surface area is 164 Å². The van der Waals surface area contributed by atoms with Crippen LogP contribution in [-0.4, -0.2) is 25.7 Å². The Morgan fingerprint density at radius 1 is 0.893 bits per heavy atom. The van der Waals surface area contributed by atoms with E-state index in [1.165, 1.54) is 0 Å². The van der Waals surface area contributed by atoms with E-state index in [0.717, 1.165) is 16.9 Å². The molecule has 0 bridgehead atoms. The van der Waals surface area contributed by atoms with Crippen molar-refractivity contribution in [1.29, 1.82) is 0 Å². The number of carbonyl (C=O) groups is 1. The Morgan fingerprint density at radius 3 is 1.86 bits per heavy atom. The molecule has 5 nitrogen and oxygen atoms in total. The van der Waals surface area contributed by atoms with E-state index in [1.54, 1.807) is 24.3 Å². The zero-order valence-corrected chi connectivity index (χ0v) is 16.1. The molecule has 0 heterocycles. The Balaban J connectivity index is 1.77. The Bertz CT molecular complexity index is 692. The lowest BCUT2D eigenvalue weighted by molar-refractivity contribution is 0.0818. The first-order valence-electron chi connectivity index (χ1n) is 9.15. The number of urea groups is 1. The second kappa shape index (κ2) is 11.1. The summed E-state index contributed by atoms with van der Waals surface area (Å²) in [5.74, 6) is 1.55. The molecule has 2 aromatic rings. The largest absolute Gasteiger partial charge is 0.493 e. The van der Waals surface area contributed by atoms with Crippen molar-refractivity contribution in [1.82, 2.24) is 10.6 Å². The molecule has 0 saturated heterocycles. The fourth-order valence-corrected chi connectivity index (χ4v) is 2.34. The van der Waals surface area contributed by atoms with Gasteiger partial charge in [0.05, 0.1) is 6.61 Å². The van der Waals surface area contributed by atoms with E-state index < -0.39 is 13.0 Å². The van der Waals surface area contributed by atoms with Crippen LogP contribution < -0.4 is 20.1 Å². The number of ether oxygens (including phenoxy) is 2. The number of hydrogen-bond acceptors (Lipinski definition) is 3. The minimum atomic E-state index is -2.53. The topological polar surface area (TPSA) is 59.6 Å². The van der Waals surface area contributed by atoms with Crippen LogP contribution in [0.5, 0.6) is 11.5 Å². The molecular formula is C21H26F2N2O3. The van der Waals surface area contributed by atoms with Crippen LogP contribution in [0.4, 0.5) is 13.6 Å². The van der Waals surface area contributed by atoms with Crippen molar-refractivity contribution in [2.45, 2.75) is 33.4 Å². The van der Waals surface area contributed by atoms with Crippen molar-refractivity contribution in [2.24, 2.45) is 5.92 Å². The summed E-state index contributed by atoms with van der Waals surface area (Å²) >= 11 is 0. The third-order valence-corrected chi connectivity index (χ3v) is 3.66. The van der Waals surface area contributed by atoms with Gasteiger partial charge < -0.3 is 20.1 Å². The molecule has 28 heavy (non-hydrogen) atoms. The average Bonchev–Trinajstić information content (AvgIpc) is 2.68. The van der Waals surface area contributed by atoms with Gasteiger partial charge in [-0.05, 0) is 41.3 Å². The van der Waals surface area contributed by atoms with Gasteiger partial charge in [-0.25, -0.2) is 13.6 Å². The van der Waals surface area contributed by atoms with Crippen molar-refractivity contribution in [3.8, 4) is 11.5 Å². The number of nitrogens with one attached hydrogen (secondary N) is 2. The molecule has 2 amide bonds. The Hall–Kier alpha value is -2.83. The Kier molecular flexibility index (Phi) is 8.52. The lowest BCUT2D eigenvalue weighted by Crippen LogP contribution is -2.34. The SMILES string of the molecule is CC(C)COc1cccc(CNC(=O)NCc2cccc(OCC(F)F)c2)c1. The number of carbonyl (C=O) groups excluding carboxylic acids is 1. The van der Waals surface area contributed by atoms with Gasteiger partial charge in [0.25, 0.3) is 6.43 Å². The maximum atomic E-state index is 12.2. The molecule has 0 aromatic heterocycles. The molecule has 2 aromatic carbocycles. The third kappa shape index (κ3) is 8.24. The molecule has 152 valence electrons. The molecule has 0 saturated carbocycles. The number of halogens is 2. The lowest BCUT2D eigenvalue weighted by atomic mass is 10.2. The van der Waals surface area contributed by atoms with Crippen LogP contribution in [0, 0.1) is 5.92 Å². The van der Waals surface area contributed by atoms with Crippen molar-refractivity contribution in [3.05, 3.63) is 59.7 Å². The standard InChI is InChI=1S/C21H26F2N2O3/c1-15(2)13-27-18-7-3-5-16(9-18)11-24-21(26)25-12-17-6-4-8-19(10-17)28-14-20(22)23/h3-10,15,20H,11-14H2,1-2H3,(H2,24,25,26). The second-order valence-electron chi connectivity index (χ2n) is 6.74. The summed E-state index contributed by atoms with van der Waals surface area (Å²) in [6.45, 7) is 4.76. The van der Waals surface area contributed by atoms with Gasteiger partial charge in [-0.2, -0.15) is 0 Å². The lowest BCUT2D eigenvalue weighted by Gasteiger charge is -2.11. The molecular weight excluding hydrogens is 366 g/mol. The summed E-state index contributed by atoms with van der Waals surface area (Å²) in [4.78, 5) is 12.0. The van der Waals surface area contributed by atoms with Crippen LogP contribution in [0.25, 0.3) is 0 Å². The summed E-state index contributed by atoms with van der Waals surface area (Å²) in [5, 5.41) is 5.51. The quantitative estimate of drug-likeness (QED) is 0.631. The van der Waals surface area contributed by atoms with E-state index in [-0.39, 0.29) is 12.6 Å². The van der Waals surface area contributed by atoms with Gasteiger partial charge in [0.1, 0.15) is 18.1 Å². The molecule has 0 atom stereocenters. The van der Waals surface area contributed by atoms with Crippen molar-refractivity contribution >= 4 is 6.03 Å². The summed E-state index contributed by atoms with van der Waals surface area (Å²) in [5.41, 5.74) is 1.69. The van der Waals surface area contributed by atoms with Gasteiger partial charge in [-0.1, -0.05) is 38.1 Å². The van der Waals surface area contributed by atoms with E-state index in [9.17, 15) is 13.6 Å². The van der Waals surface area contributed by atoms with Crippen molar-refractivity contribution in [2.75, 3.05) is 13.2 Å². The highest BCUT2D eigenvalue weighted by Gasteiger charge is 2.06. The Morgan fingerprint density at radius 2 is 1.39 bits per heavy atom. The van der Waals surface area contributed by atoms with E-state index in [1.807, 2.05) is 24.3 Å². The van der Waals surface area contributed by atoms with E-state index >= 15 is 0 Å². The van der Waals surface area contributed by atoms with Crippen LogP contribution in [-0.2, 0) is 13.1 Å². The van der Waals surface area contributed by atoms with Crippen molar-refractivity contribution in [3.63, 3.8) is 0 Å². The minimum Gasteiger partial charge on any atom is -0.493 e. The minimum absolute atomic E-state index is 0.259. The number of alkyl halides is 2. The van der Waals surface area contributed by atoms with Gasteiger partial charge in [-0.3, -0.25) is 0 Å². The average molecular weight is 392 g/mol. The molecule has 0 aliphatic heterocycles. The molecule has 2 N–H and O–H groups in total. The van der Waals surface area contributed by atoms with Crippen LogP contribution in [0.3, 0.4) is 0 Å². The van der Waals surface area contributed by atoms with Crippen LogP contribution in [0.2, 0.25) is 0 Å². The molecule has 0 unspecified atom stereocenters. The van der Waals surface area contributed by atoms with Crippen molar-refractivity contribution < 1.29 is 23.0 Å². The summed E-state index contributed by atoms with van der Waals surface area (Å²) in [6.07, 6.45) is -2.53. The fraction of sp³-hybridized carbons (Fsp3) is 0.381. The monoisotopic (exact) mass is 392 g/mol. The summed E-state index contributed by atoms with van der Waals surface area (Å²) in [6, 6.07) is 13.9. The molecule has 0 aliphatic rings. The third-order valence-electron chi connectivity index (χ3n) is 3.66. The summed E-state index contributed by atoms with van der Waals surface area (Å²) in [7, 11) is 0. The highest BCUT2D eigenvalue weighted by atomic mass is 19.3. The predicted octanol–water partition coefficient (Wildman–Crippen LogP) is 4.36. The molecule has 0 aliphatic carbocycles. The smallest absolute Gasteiger partial charge is 0.315 e. The maximum Gasteiger partial charge on any atom is 0.315 e. The van der Waals surface area contributed by atoms with Gasteiger partial charge in [0, 0.05) is 13.1 Å². The molecule has 2 rings (SSSR count). The fourth-order valence-electron chi connectivity index (χ4n) is 2.34. The highest BCUT2D eigenvalue weighted by Crippen LogP contribution is 2.15. The summed E-state index contributed by atoms with van der Waals surface area (Å²) < 4.78 is 35.1. The van der Waals surface area contributed by atoms with Crippen LogP contribution >= 0.6 is 0 Å². The van der Waals surface area contributed by atoms with Gasteiger partial charge in [-0.15, -0.1) is 0 Å². The second-order valence-corrected chi connectivity index (χ2v) is 6.74. The van der Waals surface area contributed by atoms with Crippen LogP contribution in [0.15, 0.2) is 48.5 Å². The molecule has 7 heteroatoms. The van der Waals surface area contributed by atoms with E-state index in [0.29, 0.717) is 24.8 Å². The van der Waals surface area contributed by atoms with Crippen LogP contribution in [0.1, 0.15) is 25.0 Å². The van der Waals surface area contributed by atoms with Gasteiger partial charge in [0.15, 0.2) is 0 Å². The van der Waals surface area contributed by atoms with E-state index in [2.05, 4.69) is 24.5 Å². The first-order valence-corrected chi connectivity index (χ1v) is 9.15. The molecule has 0 spiro atoms. The predicted molar refractivity (Wildman–Crippen MR) is 104 cm³/mol. The number of benzene rings is 2. The highest BCUT2D eigenvalue weighted by molar-refractivity contribution is 5.73.